The van der Waals surface area contributed by atoms with Gasteiger partial charge >= 0.3 is 5.97 Å². The average molecular weight is 448 g/mol. The van der Waals surface area contributed by atoms with E-state index in [9.17, 15) is 9.90 Å². The molecular formula is C25H29N5O3. The Bertz CT molecular complexity index is 1140. The fourth-order valence-electron chi connectivity index (χ4n) is 4.68. The normalized spacial score (nSPS) is 15.3. The molecule has 0 saturated heterocycles. The molecule has 1 aromatic carbocycles. The van der Waals surface area contributed by atoms with E-state index in [0.29, 0.717) is 18.9 Å². The first-order chi connectivity index (χ1) is 16.1. The highest BCUT2D eigenvalue weighted by Crippen LogP contribution is 2.32. The third-order valence-corrected chi connectivity index (χ3v) is 6.43. The van der Waals surface area contributed by atoms with Crippen LogP contribution in [0.5, 0.6) is 5.75 Å². The summed E-state index contributed by atoms with van der Waals surface area (Å²) in [4.78, 5) is 19.5. The summed E-state index contributed by atoms with van der Waals surface area (Å²) in [6.45, 7) is 1.68. The van der Waals surface area contributed by atoms with E-state index in [0.717, 1.165) is 73.7 Å². The Balaban J connectivity index is 1.19. The number of anilines is 1. The Kier molecular flexibility index (Phi) is 6.24. The van der Waals surface area contributed by atoms with Crippen molar-refractivity contribution in [2.45, 2.75) is 57.3 Å². The van der Waals surface area contributed by atoms with Gasteiger partial charge in [0.25, 0.3) is 0 Å². The van der Waals surface area contributed by atoms with E-state index in [-0.39, 0.29) is 12.3 Å². The molecule has 5 rings (SSSR count). The van der Waals surface area contributed by atoms with E-state index in [4.69, 9.17) is 9.72 Å². The molecule has 0 saturated carbocycles. The molecular weight excluding hydrogens is 418 g/mol. The van der Waals surface area contributed by atoms with Crippen molar-refractivity contribution in [1.29, 1.82) is 0 Å². The Labute approximate surface area is 192 Å². The van der Waals surface area contributed by atoms with Crippen LogP contribution in [0, 0.1) is 0 Å². The Morgan fingerprint density at radius 3 is 2.88 bits per heavy atom. The molecule has 3 aromatic rings. The number of nitrogens with zero attached hydrogens (tertiary/aromatic N) is 3. The number of nitrogens with one attached hydrogen (secondary N) is 2. The maximum atomic E-state index is 11.5. The van der Waals surface area contributed by atoms with Gasteiger partial charge in [0, 0.05) is 37.4 Å². The number of benzene rings is 1. The van der Waals surface area contributed by atoms with Gasteiger partial charge < -0.3 is 20.1 Å². The van der Waals surface area contributed by atoms with Gasteiger partial charge in [0.05, 0.1) is 13.0 Å². The summed E-state index contributed by atoms with van der Waals surface area (Å²) in [5.74, 6) is 2.42. The third-order valence-electron chi connectivity index (χ3n) is 6.43. The van der Waals surface area contributed by atoms with Crippen molar-refractivity contribution in [3.8, 4) is 5.75 Å². The van der Waals surface area contributed by atoms with Gasteiger partial charge in [-0.15, -0.1) is 10.2 Å². The zero-order chi connectivity index (χ0) is 22.6. The standard InChI is InChI=1S/C25H29N5O3/c31-24(32)15-19(18-7-6-16-10-12-33-21(16)13-18)14-23-28-22(29-30-23)5-1-4-20-9-8-17-3-2-11-26-25(17)27-20/h6-9,13,19H,1-5,10-12,14-15H2,(H,26,27)(H,31,32)(H,28,29,30). The zero-order valence-electron chi connectivity index (χ0n) is 18.6. The average Bonchev–Trinajstić information content (AvgIpc) is 3.47. The second-order valence-electron chi connectivity index (χ2n) is 8.88. The maximum Gasteiger partial charge on any atom is 0.303 e. The van der Waals surface area contributed by atoms with E-state index >= 15 is 0 Å². The fraction of sp³-hybridized carbons (Fsp3) is 0.440. The summed E-state index contributed by atoms with van der Waals surface area (Å²) in [5, 5.41) is 21.4. The third kappa shape index (κ3) is 5.16. The van der Waals surface area contributed by atoms with Crippen LogP contribution in [0.3, 0.4) is 0 Å². The van der Waals surface area contributed by atoms with Crippen molar-refractivity contribution < 1.29 is 14.6 Å². The van der Waals surface area contributed by atoms with Gasteiger partial charge in [0.2, 0.25) is 0 Å². The molecule has 0 aliphatic carbocycles. The minimum Gasteiger partial charge on any atom is -0.493 e. The van der Waals surface area contributed by atoms with E-state index < -0.39 is 5.97 Å². The highest BCUT2D eigenvalue weighted by atomic mass is 16.5. The quantitative estimate of drug-likeness (QED) is 0.460. The highest BCUT2D eigenvalue weighted by molar-refractivity contribution is 5.68. The predicted octanol–water partition coefficient (Wildman–Crippen LogP) is 3.47. The first kappa shape index (κ1) is 21.4. The largest absolute Gasteiger partial charge is 0.493 e. The number of fused-ring (bicyclic) bond motifs is 2. The van der Waals surface area contributed by atoms with E-state index in [1.54, 1.807) is 0 Å². The number of ether oxygens (including phenoxy) is 1. The molecule has 2 aliphatic rings. The lowest BCUT2D eigenvalue weighted by molar-refractivity contribution is -0.137. The molecule has 8 nitrogen and oxygen atoms in total. The molecule has 0 radical (unpaired) electrons. The van der Waals surface area contributed by atoms with E-state index in [2.05, 4.69) is 32.6 Å². The van der Waals surface area contributed by atoms with Crippen LogP contribution in [0.2, 0.25) is 0 Å². The van der Waals surface area contributed by atoms with Crippen molar-refractivity contribution in [2.75, 3.05) is 18.5 Å². The lowest BCUT2D eigenvalue weighted by atomic mass is 9.91. The second kappa shape index (κ2) is 9.60. The van der Waals surface area contributed by atoms with Gasteiger partial charge in [-0.3, -0.25) is 4.79 Å². The Morgan fingerprint density at radius 1 is 1.09 bits per heavy atom. The number of hydrogen-bond donors (Lipinski definition) is 3. The molecule has 33 heavy (non-hydrogen) atoms. The number of aliphatic carboxylic acids is 1. The number of carboxylic acid groups (broad SMARTS) is 1. The summed E-state index contributed by atoms with van der Waals surface area (Å²) in [6, 6.07) is 10.3. The Morgan fingerprint density at radius 2 is 1.97 bits per heavy atom. The smallest absolute Gasteiger partial charge is 0.303 e. The SMILES string of the molecule is O=C(O)CC(Cc1nnc(CCCc2ccc3c(n2)NCCC3)[nH]1)c1ccc2c(c1)OCC2. The molecule has 0 bridgehead atoms. The topological polar surface area (TPSA) is 113 Å². The summed E-state index contributed by atoms with van der Waals surface area (Å²) in [6.07, 6.45) is 6.26. The lowest BCUT2D eigenvalue weighted by Crippen LogP contribution is -2.14. The van der Waals surface area contributed by atoms with Gasteiger partial charge in [0.1, 0.15) is 23.2 Å². The summed E-state index contributed by atoms with van der Waals surface area (Å²) in [7, 11) is 0. The van der Waals surface area contributed by atoms with Crippen molar-refractivity contribution in [3.63, 3.8) is 0 Å². The van der Waals surface area contributed by atoms with Crippen molar-refractivity contribution in [3.05, 3.63) is 64.4 Å². The highest BCUT2D eigenvalue weighted by Gasteiger charge is 2.21. The molecule has 2 aliphatic heterocycles. The molecule has 0 spiro atoms. The van der Waals surface area contributed by atoms with E-state index in [1.807, 2.05) is 18.2 Å². The fourth-order valence-corrected chi connectivity index (χ4v) is 4.68. The number of aromatic nitrogens is 4. The van der Waals surface area contributed by atoms with Gasteiger partial charge in [-0.1, -0.05) is 18.2 Å². The first-order valence-electron chi connectivity index (χ1n) is 11.7. The molecule has 1 unspecified atom stereocenters. The first-order valence-corrected chi connectivity index (χ1v) is 11.7. The Hall–Kier alpha value is -3.42. The molecule has 1 atom stereocenters. The number of aryl methyl sites for hydroxylation is 3. The number of hydrogen-bond acceptors (Lipinski definition) is 6. The minimum absolute atomic E-state index is 0.0346. The van der Waals surface area contributed by atoms with Gasteiger partial charge in [0.15, 0.2) is 0 Å². The molecule has 4 heterocycles. The number of carboxylic acids is 1. The van der Waals surface area contributed by atoms with Gasteiger partial charge in [-0.25, -0.2) is 4.98 Å². The van der Waals surface area contributed by atoms with Crippen LogP contribution in [-0.2, 0) is 36.9 Å². The summed E-state index contributed by atoms with van der Waals surface area (Å²) < 4.78 is 5.67. The number of H-pyrrole nitrogens is 1. The zero-order valence-corrected chi connectivity index (χ0v) is 18.6. The van der Waals surface area contributed by atoms with Crippen LogP contribution in [-0.4, -0.2) is 44.4 Å². The van der Waals surface area contributed by atoms with Crippen molar-refractivity contribution in [1.82, 2.24) is 20.2 Å². The monoisotopic (exact) mass is 447 g/mol. The van der Waals surface area contributed by atoms with Crippen LogP contribution in [0.4, 0.5) is 5.82 Å². The molecule has 3 N–H and O–H groups in total. The molecule has 8 heteroatoms. The van der Waals surface area contributed by atoms with Crippen molar-refractivity contribution >= 4 is 11.8 Å². The van der Waals surface area contributed by atoms with Crippen LogP contribution >= 0.6 is 0 Å². The van der Waals surface area contributed by atoms with Crippen LogP contribution in [0.25, 0.3) is 0 Å². The second-order valence-corrected chi connectivity index (χ2v) is 8.88. The molecule has 2 aromatic heterocycles. The summed E-state index contributed by atoms with van der Waals surface area (Å²) in [5.41, 5.74) is 4.53. The van der Waals surface area contributed by atoms with Crippen LogP contribution in [0.15, 0.2) is 30.3 Å². The summed E-state index contributed by atoms with van der Waals surface area (Å²) >= 11 is 0. The van der Waals surface area contributed by atoms with Crippen molar-refractivity contribution in [2.24, 2.45) is 0 Å². The van der Waals surface area contributed by atoms with Crippen LogP contribution < -0.4 is 10.1 Å². The predicted molar refractivity (Wildman–Crippen MR) is 124 cm³/mol. The lowest BCUT2D eigenvalue weighted by Gasteiger charge is -2.17. The molecule has 172 valence electrons. The minimum atomic E-state index is -0.826. The van der Waals surface area contributed by atoms with Crippen LogP contribution in [0.1, 0.15) is 59.2 Å². The molecule has 0 fully saturated rings. The number of rotatable bonds is 9. The van der Waals surface area contributed by atoms with Gasteiger partial charge in [-0.05, 0) is 54.5 Å². The number of aromatic amines is 1. The molecule has 0 amide bonds. The van der Waals surface area contributed by atoms with Gasteiger partial charge in [-0.2, -0.15) is 0 Å². The van der Waals surface area contributed by atoms with E-state index in [1.165, 1.54) is 11.1 Å². The maximum absolute atomic E-state index is 11.5. The number of pyridine rings is 1. The number of carbonyl (C=O) groups is 1.